The molecular weight excluding hydrogens is 272 g/mol. The molecule has 0 radical (unpaired) electrons. The first-order valence-electron chi connectivity index (χ1n) is 7.37. The Morgan fingerprint density at radius 1 is 1.05 bits per heavy atom. The van der Waals surface area contributed by atoms with Gasteiger partial charge in [0, 0.05) is 19.0 Å². The summed E-state index contributed by atoms with van der Waals surface area (Å²) >= 11 is 0. The van der Waals surface area contributed by atoms with Crippen molar-refractivity contribution >= 4 is 17.7 Å². The van der Waals surface area contributed by atoms with Gasteiger partial charge in [0.1, 0.15) is 0 Å². The molecule has 122 valence electrons. The van der Waals surface area contributed by atoms with Crippen molar-refractivity contribution in [2.45, 2.75) is 52.6 Å². The molecule has 3 amide bonds. The van der Waals surface area contributed by atoms with Crippen LogP contribution < -0.4 is 21.7 Å². The van der Waals surface area contributed by atoms with Crippen LogP contribution in [0.15, 0.2) is 0 Å². The first-order chi connectivity index (χ1) is 9.77. The molecule has 0 aromatic rings. The lowest BCUT2D eigenvalue weighted by Crippen LogP contribution is -2.47. The van der Waals surface area contributed by atoms with Gasteiger partial charge in [0.2, 0.25) is 17.7 Å². The van der Waals surface area contributed by atoms with Crippen molar-refractivity contribution in [2.75, 3.05) is 13.1 Å². The van der Waals surface area contributed by atoms with Gasteiger partial charge in [-0.2, -0.15) is 0 Å². The second kappa shape index (κ2) is 10.1. The Balaban J connectivity index is 3.82. The van der Waals surface area contributed by atoms with Gasteiger partial charge < -0.3 is 21.7 Å². The van der Waals surface area contributed by atoms with Gasteiger partial charge in [-0.3, -0.25) is 14.4 Å². The number of carbonyl (C=O) groups is 3. The zero-order valence-electron chi connectivity index (χ0n) is 13.4. The molecule has 0 aromatic carbocycles. The maximum atomic E-state index is 11.5. The first kappa shape index (κ1) is 19.4. The summed E-state index contributed by atoms with van der Waals surface area (Å²) in [5, 5.41) is 7.84. The average molecular weight is 300 g/mol. The van der Waals surface area contributed by atoms with Gasteiger partial charge in [-0.1, -0.05) is 20.8 Å². The number of hydrogen-bond donors (Lipinski definition) is 4. The Morgan fingerprint density at radius 2 is 1.67 bits per heavy atom. The predicted molar refractivity (Wildman–Crippen MR) is 81.3 cm³/mol. The summed E-state index contributed by atoms with van der Waals surface area (Å²) < 4.78 is 0. The number of amides is 3. The first-order valence-corrected chi connectivity index (χ1v) is 7.37. The zero-order chi connectivity index (χ0) is 16.4. The van der Waals surface area contributed by atoms with E-state index in [1.165, 1.54) is 0 Å². The third-order valence-corrected chi connectivity index (χ3v) is 3.14. The molecule has 2 atom stereocenters. The fraction of sp³-hybridized carbons (Fsp3) is 0.786. The van der Waals surface area contributed by atoms with Crippen molar-refractivity contribution in [3.8, 4) is 0 Å². The van der Waals surface area contributed by atoms with Crippen LogP contribution in [-0.2, 0) is 14.4 Å². The number of nitrogens with two attached hydrogens (primary N) is 1. The summed E-state index contributed by atoms with van der Waals surface area (Å²) in [5.41, 5.74) is 5.65. The van der Waals surface area contributed by atoms with Crippen LogP contribution in [-0.4, -0.2) is 42.9 Å². The Bertz CT molecular complexity index is 358. The fourth-order valence-corrected chi connectivity index (χ4v) is 1.41. The van der Waals surface area contributed by atoms with E-state index in [-0.39, 0.29) is 49.2 Å². The molecule has 0 heterocycles. The van der Waals surface area contributed by atoms with E-state index in [2.05, 4.69) is 16.0 Å². The van der Waals surface area contributed by atoms with E-state index in [0.717, 1.165) is 6.42 Å². The third-order valence-electron chi connectivity index (χ3n) is 3.14. The van der Waals surface area contributed by atoms with Gasteiger partial charge >= 0.3 is 0 Å². The van der Waals surface area contributed by atoms with Crippen molar-refractivity contribution in [3.63, 3.8) is 0 Å². The second-order valence-corrected chi connectivity index (χ2v) is 5.46. The zero-order valence-corrected chi connectivity index (χ0v) is 13.4. The van der Waals surface area contributed by atoms with E-state index in [1.54, 1.807) is 0 Å². The monoisotopic (exact) mass is 300 g/mol. The van der Waals surface area contributed by atoms with Crippen LogP contribution in [0.3, 0.4) is 0 Å². The minimum absolute atomic E-state index is 0.0114. The van der Waals surface area contributed by atoms with Crippen LogP contribution in [0.1, 0.15) is 40.5 Å². The maximum absolute atomic E-state index is 11.5. The maximum Gasteiger partial charge on any atom is 0.239 e. The van der Waals surface area contributed by atoms with Gasteiger partial charge in [-0.05, 0) is 19.3 Å². The lowest BCUT2D eigenvalue weighted by Gasteiger charge is -2.15. The topological polar surface area (TPSA) is 113 Å². The summed E-state index contributed by atoms with van der Waals surface area (Å²) in [6, 6.07) is -0.496. The molecule has 0 aliphatic rings. The molecule has 0 rings (SSSR count). The SMILES string of the molecule is CCC(C)NC(=O)CCNC(=O)CNC(=O)[C@@H](N)C(C)C. The molecule has 7 nitrogen and oxygen atoms in total. The van der Waals surface area contributed by atoms with E-state index >= 15 is 0 Å². The highest BCUT2D eigenvalue weighted by atomic mass is 16.2. The van der Waals surface area contributed by atoms with Crippen LogP contribution >= 0.6 is 0 Å². The number of carbonyl (C=O) groups excluding carboxylic acids is 3. The van der Waals surface area contributed by atoms with Gasteiger partial charge in [0.25, 0.3) is 0 Å². The smallest absolute Gasteiger partial charge is 0.239 e. The van der Waals surface area contributed by atoms with Crippen LogP contribution in [0.4, 0.5) is 0 Å². The lowest BCUT2D eigenvalue weighted by molar-refractivity contribution is -0.127. The second-order valence-electron chi connectivity index (χ2n) is 5.46. The molecule has 0 saturated carbocycles. The normalized spacial score (nSPS) is 13.4. The average Bonchev–Trinajstić information content (AvgIpc) is 2.43. The minimum atomic E-state index is -0.626. The van der Waals surface area contributed by atoms with Crippen molar-refractivity contribution < 1.29 is 14.4 Å². The van der Waals surface area contributed by atoms with Crippen molar-refractivity contribution in [1.82, 2.24) is 16.0 Å². The molecule has 0 spiro atoms. The highest BCUT2D eigenvalue weighted by Crippen LogP contribution is 1.97. The van der Waals surface area contributed by atoms with Crippen molar-refractivity contribution in [2.24, 2.45) is 11.7 Å². The number of hydrogen-bond acceptors (Lipinski definition) is 4. The van der Waals surface area contributed by atoms with Crippen molar-refractivity contribution in [1.29, 1.82) is 0 Å². The predicted octanol–water partition coefficient (Wildman–Crippen LogP) is -0.493. The molecular formula is C14H28N4O3. The van der Waals surface area contributed by atoms with Crippen LogP contribution in [0.2, 0.25) is 0 Å². The molecule has 5 N–H and O–H groups in total. The van der Waals surface area contributed by atoms with E-state index in [4.69, 9.17) is 5.73 Å². The molecule has 0 saturated heterocycles. The molecule has 1 unspecified atom stereocenters. The minimum Gasteiger partial charge on any atom is -0.354 e. The Morgan fingerprint density at radius 3 is 2.19 bits per heavy atom. The van der Waals surface area contributed by atoms with Gasteiger partial charge in [-0.25, -0.2) is 0 Å². The van der Waals surface area contributed by atoms with Crippen LogP contribution in [0.25, 0.3) is 0 Å². The Hall–Kier alpha value is -1.63. The summed E-state index contributed by atoms with van der Waals surface area (Å²) in [4.78, 5) is 34.5. The number of nitrogens with one attached hydrogen (secondary N) is 3. The lowest BCUT2D eigenvalue weighted by atomic mass is 10.1. The van der Waals surface area contributed by atoms with E-state index in [1.807, 2.05) is 27.7 Å². The molecule has 0 bridgehead atoms. The largest absolute Gasteiger partial charge is 0.354 e. The molecule has 0 aliphatic heterocycles. The summed E-state index contributed by atoms with van der Waals surface area (Å²) in [7, 11) is 0. The summed E-state index contributed by atoms with van der Waals surface area (Å²) in [5.74, 6) is -0.780. The van der Waals surface area contributed by atoms with E-state index in [0.29, 0.717) is 0 Å². The van der Waals surface area contributed by atoms with E-state index < -0.39 is 6.04 Å². The van der Waals surface area contributed by atoms with Crippen LogP contribution in [0, 0.1) is 5.92 Å². The van der Waals surface area contributed by atoms with Gasteiger partial charge in [0.15, 0.2) is 0 Å². The highest BCUT2D eigenvalue weighted by Gasteiger charge is 2.17. The molecule has 0 aromatic heterocycles. The molecule has 21 heavy (non-hydrogen) atoms. The summed E-state index contributed by atoms with van der Waals surface area (Å²) in [6.45, 7) is 7.68. The highest BCUT2D eigenvalue weighted by molar-refractivity contribution is 5.87. The molecule has 7 heteroatoms. The standard InChI is InChI=1S/C14H28N4O3/c1-5-10(4)18-11(19)6-7-16-12(20)8-17-14(21)13(15)9(2)3/h9-10,13H,5-8,15H2,1-4H3,(H,16,20)(H,17,21)(H,18,19)/t10?,13-/m0/s1. The Labute approximate surface area is 126 Å². The third kappa shape index (κ3) is 9.01. The Kier molecular flexibility index (Phi) is 9.36. The summed E-state index contributed by atoms with van der Waals surface area (Å²) in [6.07, 6.45) is 1.08. The van der Waals surface area contributed by atoms with Gasteiger partial charge in [0.05, 0.1) is 12.6 Å². The fourth-order valence-electron chi connectivity index (χ4n) is 1.41. The van der Waals surface area contributed by atoms with E-state index in [9.17, 15) is 14.4 Å². The van der Waals surface area contributed by atoms with Gasteiger partial charge in [-0.15, -0.1) is 0 Å². The molecule has 0 aliphatic carbocycles. The quantitative estimate of drug-likeness (QED) is 0.460. The van der Waals surface area contributed by atoms with Crippen LogP contribution in [0.5, 0.6) is 0 Å². The number of rotatable bonds is 9. The molecule has 0 fully saturated rings. The van der Waals surface area contributed by atoms with Crippen molar-refractivity contribution in [3.05, 3.63) is 0 Å².